The molecule has 0 saturated carbocycles. The van der Waals surface area contributed by atoms with Crippen LogP contribution in [-0.2, 0) is 4.79 Å². The van der Waals surface area contributed by atoms with E-state index < -0.39 is 0 Å². The lowest BCUT2D eigenvalue weighted by Crippen LogP contribution is -2.36. The third-order valence-corrected chi connectivity index (χ3v) is 5.03. The van der Waals surface area contributed by atoms with Crippen molar-refractivity contribution >= 4 is 23.4 Å². The number of amides is 2. The van der Waals surface area contributed by atoms with Gasteiger partial charge in [-0.05, 0) is 30.2 Å². The van der Waals surface area contributed by atoms with Crippen LogP contribution in [0.1, 0.15) is 35.2 Å². The number of nitrogens with zero attached hydrogens (tertiary/aromatic N) is 1. The largest absolute Gasteiger partial charge is 0.356 e. The summed E-state index contributed by atoms with van der Waals surface area (Å²) in [7, 11) is 0. The minimum atomic E-state index is -0.243. The van der Waals surface area contributed by atoms with Gasteiger partial charge in [0.25, 0.3) is 5.91 Å². The van der Waals surface area contributed by atoms with Crippen LogP contribution in [0.5, 0.6) is 0 Å². The number of benzene rings is 2. The lowest BCUT2D eigenvalue weighted by atomic mass is 9.88. The third-order valence-electron chi connectivity index (χ3n) is 4.79. The minimum Gasteiger partial charge on any atom is -0.356 e. The van der Waals surface area contributed by atoms with E-state index in [-0.39, 0.29) is 23.7 Å². The van der Waals surface area contributed by atoms with Gasteiger partial charge in [-0.1, -0.05) is 54.9 Å². The number of nitrogens with one attached hydrogen (secondary N) is 1. The van der Waals surface area contributed by atoms with Gasteiger partial charge in [0.15, 0.2) is 0 Å². The molecule has 4 nitrogen and oxygen atoms in total. The minimum absolute atomic E-state index is 0.00353. The van der Waals surface area contributed by atoms with Crippen LogP contribution in [0.3, 0.4) is 0 Å². The first kappa shape index (κ1) is 18.5. The molecule has 0 spiro atoms. The lowest BCUT2D eigenvalue weighted by molar-refractivity contribution is -0.124. The smallest absolute Gasteiger partial charge is 0.253 e. The summed E-state index contributed by atoms with van der Waals surface area (Å²) in [4.78, 5) is 27.3. The fraction of sp³-hybridized carbons (Fsp3) is 0.333. The van der Waals surface area contributed by atoms with E-state index in [2.05, 4.69) is 5.32 Å². The van der Waals surface area contributed by atoms with E-state index in [1.807, 2.05) is 37.3 Å². The van der Waals surface area contributed by atoms with Crippen LogP contribution in [0, 0.1) is 5.92 Å². The maximum absolute atomic E-state index is 12.9. The summed E-state index contributed by atoms with van der Waals surface area (Å²) in [5, 5.41) is 3.52. The fourth-order valence-corrected chi connectivity index (χ4v) is 3.65. The molecule has 0 aliphatic carbocycles. The maximum atomic E-state index is 12.9. The number of halogens is 1. The monoisotopic (exact) mass is 370 g/mol. The van der Waals surface area contributed by atoms with Crippen molar-refractivity contribution in [3.8, 4) is 0 Å². The second-order valence-corrected chi connectivity index (χ2v) is 7.07. The summed E-state index contributed by atoms with van der Waals surface area (Å²) in [6, 6.07) is 16.9. The van der Waals surface area contributed by atoms with Gasteiger partial charge in [-0.3, -0.25) is 9.59 Å². The summed E-state index contributed by atoms with van der Waals surface area (Å²) >= 11 is 6.02. The van der Waals surface area contributed by atoms with E-state index in [1.165, 1.54) is 0 Å². The Labute approximate surface area is 159 Å². The molecule has 26 heavy (non-hydrogen) atoms. The van der Waals surface area contributed by atoms with E-state index in [4.69, 9.17) is 11.6 Å². The molecule has 2 aromatic carbocycles. The molecule has 2 amide bonds. The normalized spacial score (nSPS) is 19.4. The molecule has 0 unspecified atom stereocenters. The summed E-state index contributed by atoms with van der Waals surface area (Å²) in [5.41, 5.74) is 1.64. The molecule has 2 atom stereocenters. The first-order valence-electron chi connectivity index (χ1n) is 8.97. The number of rotatable bonds is 5. The van der Waals surface area contributed by atoms with Crippen molar-refractivity contribution in [2.45, 2.75) is 19.3 Å². The summed E-state index contributed by atoms with van der Waals surface area (Å²) in [6.07, 6.45) is 0.889. The molecule has 1 heterocycles. The zero-order chi connectivity index (χ0) is 18.5. The maximum Gasteiger partial charge on any atom is 0.253 e. The van der Waals surface area contributed by atoms with Gasteiger partial charge in [0.05, 0.1) is 5.92 Å². The Morgan fingerprint density at radius 2 is 1.88 bits per heavy atom. The number of hydrogen-bond donors (Lipinski definition) is 1. The molecule has 0 radical (unpaired) electrons. The predicted octanol–water partition coefficient (Wildman–Crippen LogP) is 3.72. The van der Waals surface area contributed by atoms with Crippen LogP contribution in [-0.4, -0.2) is 36.3 Å². The highest BCUT2D eigenvalue weighted by Crippen LogP contribution is 2.33. The molecule has 1 fully saturated rings. The van der Waals surface area contributed by atoms with Crippen molar-refractivity contribution in [2.24, 2.45) is 5.92 Å². The molecular formula is C21H23ClN2O2. The van der Waals surface area contributed by atoms with Gasteiger partial charge < -0.3 is 10.2 Å². The van der Waals surface area contributed by atoms with Crippen LogP contribution < -0.4 is 5.32 Å². The molecule has 3 rings (SSSR count). The highest BCUT2D eigenvalue weighted by molar-refractivity contribution is 6.30. The van der Waals surface area contributed by atoms with Crippen molar-refractivity contribution in [3.63, 3.8) is 0 Å². The number of hydrogen-bond acceptors (Lipinski definition) is 2. The van der Waals surface area contributed by atoms with Crippen molar-refractivity contribution in [1.82, 2.24) is 10.2 Å². The highest BCUT2D eigenvalue weighted by atomic mass is 35.5. The van der Waals surface area contributed by atoms with Crippen LogP contribution in [0.2, 0.25) is 5.02 Å². The Bertz CT molecular complexity index is 779. The van der Waals surface area contributed by atoms with Gasteiger partial charge >= 0.3 is 0 Å². The SMILES string of the molecule is CCCNC(=O)[C@H]1CN(C(=O)c2cccc(Cl)c2)C[C@H]1c1ccccc1. The van der Waals surface area contributed by atoms with Crippen LogP contribution in [0.15, 0.2) is 54.6 Å². The highest BCUT2D eigenvalue weighted by Gasteiger charge is 2.40. The zero-order valence-electron chi connectivity index (χ0n) is 14.8. The van der Waals surface area contributed by atoms with Gasteiger partial charge in [-0.25, -0.2) is 0 Å². The number of likely N-dealkylation sites (tertiary alicyclic amines) is 1. The molecule has 2 aromatic rings. The summed E-state index contributed by atoms with van der Waals surface area (Å²) in [5.74, 6) is -0.315. The van der Waals surface area contributed by atoms with E-state index in [9.17, 15) is 9.59 Å². The van der Waals surface area contributed by atoms with E-state index in [1.54, 1.807) is 29.2 Å². The van der Waals surface area contributed by atoms with E-state index in [0.29, 0.717) is 30.2 Å². The van der Waals surface area contributed by atoms with Crippen molar-refractivity contribution < 1.29 is 9.59 Å². The lowest BCUT2D eigenvalue weighted by Gasteiger charge is -2.17. The quantitative estimate of drug-likeness (QED) is 0.871. The zero-order valence-corrected chi connectivity index (χ0v) is 15.6. The molecule has 5 heteroatoms. The van der Waals surface area contributed by atoms with E-state index >= 15 is 0 Å². The fourth-order valence-electron chi connectivity index (χ4n) is 3.46. The second-order valence-electron chi connectivity index (χ2n) is 6.64. The van der Waals surface area contributed by atoms with Crippen molar-refractivity contribution in [2.75, 3.05) is 19.6 Å². The second kappa shape index (κ2) is 8.37. The Hall–Kier alpha value is -2.33. The van der Waals surface area contributed by atoms with Crippen LogP contribution in [0.25, 0.3) is 0 Å². The standard InChI is InChI=1S/C21H23ClN2O2/c1-2-11-23-20(25)19-14-24(13-18(19)15-7-4-3-5-8-15)21(26)16-9-6-10-17(22)12-16/h3-10,12,18-19H,2,11,13-14H2,1H3,(H,23,25)/t18-,19-/m0/s1. The van der Waals surface area contributed by atoms with E-state index in [0.717, 1.165) is 12.0 Å². The third kappa shape index (κ3) is 4.07. The summed E-state index contributed by atoms with van der Waals surface area (Å²) < 4.78 is 0. The number of carbonyl (C=O) groups is 2. The molecule has 1 aliphatic heterocycles. The molecule has 0 aromatic heterocycles. The molecular weight excluding hydrogens is 348 g/mol. The first-order chi connectivity index (χ1) is 12.6. The van der Waals surface area contributed by atoms with Gasteiger partial charge in [-0.2, -0.15) is 0 Å². The summed E-state index contributed by atoms with van der Waals surface area (Å²) in [6.45, 7) is 3.62. The molecule has 1 saturated heterocycles. The first-order valence-corrected chi connectivity index (χ1v) is 9.35. The number of carbonyl (C=O) groups excluding carboxylic acids is 2. The Morgan fingerprint density at radius 1 is 1.12 bits per heavy atom. The average molecular weight is 371 g/mol. The molecule has 0 bridgehead atoms. The van der Waals surface area contributed by atoms with Crippen molar-refractivity contribution in [3.05, 3.63) is 70.7 Å². The Balaban J connectivity index is 1.83. The van der Waals surface area contributed by atoms with Gasteiger partial charge in [0.2, 0.25) is 5.91 Å². The molecule has 136 valence electrons. The molecule has 1 aliphatic rings. The average Bonchev–Trinajstić information content (AvgIpc) is 3.11. The topological polar surface area (TPSA) is 49.4 Å². The van der Waals surface area contributed by atoms with Crippen molar-refractivity contribution in [1.29, 1.82) is 0 Å². The van der Waals surface area contributed by atoms with Crippen LogP contribution in [0.4, 0.5) is 0 Å². The predicted molar refractivity (Wildman–Crippen MR) is 103 cm³/mol. The van der Waals surface area contributed by atoms with Gasteiger partial charge in [0, 0.05) is 36.1 Å². The van der Waals surface area contributed by atoms with Gasteiger partial charge in [-0.15, -0.1) is 0 Å². The Kier molecular flexibility index (Phi) is 5.94. The molecule has 1 N–H and O–H groups in total. The Morgan fingerprint density at radius 3 is 2.58 bits per heavy atom. The van der Waals surface area contributed by atoms with Crippen LogP contribution >= 0.6 is 11.6 Å². The van der Waals surface area contributed by atoms with Gasteiger partial charge in [0.1, 0.15) is 0 Å².